The Morgan fingerprint density at radius 3 is 2.64 bits per heavy atom. The van der Waals surface area contributed by atoms with Crippen LogP contribution in [0.2, 0.25) is 0 Å². The van der Waals surface area contributed by atoms with Gasteiger partial charge in [0.15, 0.2) is 6.61 Å². The Labute approximate surface area is 152 Å². The van der Waals surface area contributed by atoms with E-state index in [1.54, 1.807) is 0 Å². The highest BCUT2D eigenvalue weighted by Gasteiger charge is 2.42. The van der Waals surface area contributed by atoms with Crippen molar-refractivity contribution in [2.75, 3.05) is 6.61 Å². The van der Waals surface area contributed by atoms with Gasteiger partial charge in [-0.15, -0.1) is 0 Å². The minimum Gasteiger partial charge on any atom is -0.483 e. The van der Waals surface area contributed by atoms with Gasteiger partial charge in [-0.1, -0.05) is 44.9 Å². The first-order chi connectivity index (χ1) is 11.7. The predicted molar refractivity (Wildman–Crippen MR) is 102 cm³/mol. The van der Waals surface area contributed by atoms with Crippen LogP contribution >= 0.6 is 0 Å². The lowest BCUT2D eigenvalue weighted by Gasteiger charge is -2.28. The van der Waals surface area contributed by atoms with Gasteiger partial charge in [0, 0.05) is 6.04 Å². The molecular formula is C22H33NO2. The molecule has 25 heavy (non-hydrogen) atoms. The van der Waals surface area contributed by atoms with Crippen LogP contribution in [-0.2, 0) is 10.2 Å². The highest BCUT2D eigenvalue weighted by atomic mass is 16.5. The summed E-state index contributed by atoms with van der Waals surface area (Å²) in [5, 5.41) is 3.18. The van der Waals surface area contributed by atoms with Gasteiger partial charge in [0.25, 0.3) is 5.91 Å². The smallest absolute Gasteiger partial charge is 0.258 e. The molecule has 3 heteroatoms. The first-order valence-electron chi connectivity index (χ1n) is 9.77. The van der Waals surface area contributed by atoms with Crippen molar-refractivity contribution < 1.29 is 9.53 Å². The maximum Gasteiger partial charge on any atom is 0.258 e. The Balaban J connectivity index is 1.56. The summed E-state index contributed by atoms with van der Waals surface area (Å²) in [5.41, 5.74) is 2.36. The maximum absolute atomic E-state index is 12.4. The van der Waals surface area contributed by atoms with Crippen molar-refractivity contribution in [2.24, 2.45) is 17.8 Å². The number of aryl methyl sites for hydroxylation is 1. The fourth-order valence-corrected chi connectivity index (χ4v) is 4.81. The standard InChI is InChI=1S/C22H33NO2/c1-14-6-9-20(19(10-14)22(3,4)5)25-13-21(24)23-15(2)18-12-16-7-8-17(18)11-16/h6,9-10,15-18H,7-8,11-13H2,1-5H3,(H,23,24)/t15-,16-,17-,18-/m0/s1. The average Bonchev–Trinajstić information content (AvgIpc) is 3.15. The van der Waals surface area contributed by atoms with Gasteiger partial charge in [-0.2, -0.15) is 0 Å². The number of amides is 1. The largest absolute Gasteiger partial charge is 0.483 e. The van der Waals surface area contributed by atoms with E-state index in [0.29, 0.717) is 5.92 Å². The molecule has 2 fully saturated rings. The van der Waals surface area contributed by atoms with Crippen LogP contribution in [0.4, 0.5) is 0 Å². The van der Waals surface area contributed by atoms with E-state index in [-0.39, 0.29) is 24.0 Å². The van der Waals surface area contributed by atoms with Crippen LogP contribution in [0.1, 0.15) is 64.5 Å². The summed E-state index contributed by atoms with van der Waals surface area (Å²) >= 11 is 0. The molecule has 0 heterocycles. The highest BCUT2D eigenvalue weighted by molar-refractivity contribution is 5.77. The Bertz CT molecular complexity index is 631. The SMILES string of the molecule is Cc1ccc(OCC(=O)N[C@@H](C)[C@@H]2C[C@H]3CC[C@H]2C3)c(C(C)(C)C)c1. The van der Waals surface area contributed by atoms with E-state index >= 15 is 0 Å². The minimum absolute atomic E-state index is 0.00397. The van der Waals surface area contributed by atoms with E-state index in [1.165, 1.54) is 31.2 Å². The van der Waals surface area contributed by atoms with Crippen LogP contribution in [0.25, 0.3) is 0 Å². The lowest BCUT2D eigenvalue weighted by atomic mass is 9.84. The molecular weight excluding hydrogens is 310 g/mol. The molecule has 2 saturated carbocycles. The summed E-state index contributed by atoms with van der Waals surface area (Å²) < 4.78 is 5.89. The average molecular weight is 344 g/mol. The van der Waals surface area contributed by atoms with E-state index in [1.807, 2.05) is 12.1 Å². The number of rotatable bonds is 5. The molecule has 2 aliphatic rings. The van der Waals surface area contributed by atoms with Crippen molar-refractivity contribution in [1.29, 1.82) is 0 Å². The third-order valence-corrected chi connectivity index (χ3v) is 6.13. The number of carbonyl (C=O) groups excluding carboxylic acids is 1. The number of nitrogens with one attached hydrogen (secondary N) is 1. The van der Waals surface area contributed by atoms with Crippen LogP contribution in [0.3, 0.4) is 0 Å². The Hall–Kier alpha value is -1.51. The third kappa shape index (κ3) is 4.19. The van der Waals surface area contributed by atoms with Gasteiger partial charge < -0.3 is 10.1 Å². The first-order valence-corrected chi connectivity index (χ1v) is 9.77. The van der Waals surface area contributed by atoms with Gasteiger partial charge in [0.05, 0.1) is 0 Å². The van der Waals surface area contributed by atoms with Crippen LogP contribution < -0.4 is 10.1 Å². The summed E-state index contributed by atoms with van der Waals surface area (Å²) in [5.74, 6) is 3.21. The van der Waals surface area contributed by atoms with Crippen molar-refractivity contribution in [3.05, 3.63) is 29.3 Å². The lowest BCUT2D eigenvalue weighted by Crippen LogP contribution is -2.42. The van der Waals surface area contributed by atoms with Crippen LogP contribution in [0, 0.1) is 24.7 Å². The quantitative estimate of drug-likeness (QED) is 0.847. The van der Waals surface area contributed by atoms with Crippen molar-refractivity contribution in [1.82, 2.24) is 5.32 Å². The number of hydrogen-bond donors (Lipinski definition) is 1. The van der Waals surface area contributed by atoms with Crippen molar-refractivity contribution in [3.8, 4) is 5.75 Å². The molecule has 1 aromatic carbocycles. The number of fused-ring (bicyclic) bond motifs is 2. The van der Waals surface area contributed by atoms with Crippen LogP contribution in [-0.4, -0.2) is 18.6 Å². The Kier molecular flexibility index (Phi) is 5.13. The topological polar surface area (TPSA) is 38.3 Å². The second kappa shape index (κ2) is 7.01. The van der Waals surface area contributed by atoms with Crippen LogP contribution in [0.15, 0.2) is 18.2 Å². The van der Waals surface area contributed by atoms with Gasteiger partial charge in [-0.3, -0.25) is 4.79 Å². The number of ether oxygens (including phenoxy) is 1. The molecule has 0 saturated heterocycles. The molecule has 0 unspecified atom stereocenters. The predicted octanol–water partition coefficient (Wildman–Crippen LogP) is 4.61. The summed E-state index contributed by atoms with van der Waals surface area (Å²) in [4.78, 5) is 12.4. The number of carbonyl (C=O) groups is 1. The molecule has 138 valence electrons. The third-order valence-electron chi connectivity index (χ3n) is 6.13. The normalized spacial score (nSPS) is 26.5. The van der Waals surface area contributed by atoms with Crippen molar-refractivity contribution in [3.63, 3.8) is 0 Å². The molecule has 0 radical (unpaired) electrons. The zero-order valence-corrected chi connectivity index (χ0v) is 16.4. The fraction of sp³-hybridized carbons (Fsp3) is 0.682. The molecule has 3 rings (SSSR count). The van der Waals surface area contributed by atoms with Gasteiger partial charge >= 0.3 is 0 Å². The molecule has 2 bridgehead atoms. The fourth-order valence-electron chi connectivity index (χ4n) is 4.81. The minimum atomic E-state index is -0.00575. The molecule has 1 aromatic rings. The van der Waals surface area contributed by atoms with Gasteiger partial charge in [0.2, 0.25) is 0 Å². The van der Waals surface area contributed by atoms with Crippen molar-refractivity contribution in [2.45, 2.75) is 71.8 Å². The Morgan fingerprint density at radius 1 is 1.28 bits per heavy atom. The first kappa shape index (κ1) is 18.3. The van der Waals surface area contributed by atoms with Crippen molar-refractivity contribution >= 4 is 5.91 Å². The molecule has 4 atom stereocenters. The maximum atomic E-state index is 12.4. The summed E-state index contributed by atoms with van der Waals surface area (Å²) in [7, 11) is 0. The van der Waals surface area contributed by atoms with Crippen LogP contribution in [0.5, 0.6) is 5.75 Å². The molecule has 1 N–H and O–H groups in total. The summed E-state index contributed by atoms with van der Waals surface area (Å²) in [6, 6.07) is 6.44. The monoisotopic (exact) mass is 343 g/mol. The zero-order chi connectivity index (χ0) is 18.2. The molecule has 1 amide bonds. The molecule has 0 spiro atoms. The molecule has 2 aliphatic carbocycles. The molecule has 0 aliphatic heterocycles. The lowest BCUT2D eigenvalue weighted by molar-refractivity contribution is -0.124. The zero-order valence-electron chi connectivity index (χ0n) is 16.4. The summed E-state index contributed by atoms with van der Waals surface area (Å²) in [6.45, 7) is 10.9. The molecule has 3 nitrogen and oxygen atoms in total. The highest BCUT2D eigenvalue weighted by Crippen LogP contribution is 2.49. The van der Waals surface area contributed by atoms with E-state index in [4.69, 9.17) is 4.74 Å². The van der Waals surface area contributed by atoms with E-state index in [9.17, 15) is 4.79 Å². The van der Waals surface area contributed by atoms with E-state index < -0.39 is 0 Å². The van der Waals surface area contributed by atoms with Gasteiger partial charge in [-0.25, -0.2) is 0 Å². The second-order valence-corrected chi connectivity index (χ2v) is 9.23. The summed E-state index contributed by atoms with van der Waals surface area (Å²) in [6.07, 6.45) is 5.41. The van der Waals surface area contributed by atoms with E-state index in [0.717, 1.165) is 23.1 Å². The number of benzene rings is 1. The number of hydrogen-bond acceptors (Lipinski definition) is 2. The van der Waals surface area contributed by atoms with Gasteiger partial charge in [-0.05, 0) is 67.9 Å². The Morgan fingerprint density at radius 2 is 2.04 bits per heavy atom. The molecule has 0 aromatic heterocycles. The second-order valence-electron chi connectivity index (χ2n) is 9.23. The van der Waals surface area contributed by atoms with E-state index in [2.05, 4.69) is 46.0 Å². The van der Waals surface area contributed by atoms with Gasteiger partial charge in [0.1, 0.15) is 5.75 Å².